The van der Waals surface area contributed by atoms with Crippen molar-refractivity contribution in [3.05, 3.63) is 0 Å². The van der Waals surface area contributed by atoms with Crippen LogP contribution in [0, 0.1) is 10.8 Å². The van der Waals surface area contributed by atoms with Crippen LogP contribution in [0.5, 0.6) is 0 Å². The number of nitrogens with one attached hydrogen (secondary N) is 2. The fourth-order valence-electron chi connectivity index (χ4n) is 0. The number of rotatable bonds is 1. The van der Waals surface area contributed by atoms with E-state index in [4.69, 9.17) is 10.8 Å². The molecule has 0 bridgehead atoms. The molecule has 0 saturated carbocycles. The monoisotopic (exact) mass is 72.1 g/mol. The standard InChI is InChI=1S/C2H4N2.CH4/c3-1-2-4;/h1-4H;1H4. The van der Waals surface area contributed by atoms with Crippen molar-refractivity contribution < 1.29 is 0 Å². The normalized spacial score (nSPS) is 4.00. The molecule has 0 radical (unpaired) electrons. The van der Waals surface area contributed by atoms with Gasteiger partial charge in [-0.15, -0.1) is 0 Å². The minimum atomic E-state index is 0. The summed E-state index contributed by atoms with van der Waals surface area (Å²) in [5.74, 6) is 0. The van der Waals surface area contributed by atoms with Crippen molar-refractivity contribution in [1.29, 1.82) is 10.8 Å². The molecule has 0 aliphatic rings. The number of hydrogen-bond acceptors (Lipinski definition) is 2. The molecule has 0 atom stereocenters. The third-order valence-corrected chi connectivity index (χ3v) is 0.0833. The largest absolute Gasteiger partial charge is 0.307 e. The lowest BCUT2D eigenvalue weighted by Gasteiger charge is -1.42. The van der Waals surface area contributed by atoms with E-state index in [2.05, 4.69) is 0 Å². The van der Waals surface area contributed by atoms with Gasteiger partial charge in [0.05, 0.1) is 0 Å². The zero-order chi connectivity index (χ0) is 3.41. The Bertz CT molecular complexity index is 25.9. The van der Waals surface area contributed by atoms with E-state index in [0.717, 1.165) is 12.4 Å². The first kappa shape index (κ1) is 8.84. The van der Waals surface area contributed by atoms with Crippen LogP contribution in [0.25, 0.3) is 0 Å². The van der Waals surface area contributed by atoms with E-state index >= 15 is 0 Å². The van der Waals surface area contributed by atoms with Gasteiger partial charge >= 0.3 is 0 Å². The summed E-state index contributed by atoms with van der Waals surface area (Å²) in [7, 11) is 0. The molecule has 0 aliphatic heterocycles. The van der Waals surface area contributed by atoms with Crippen LogP contribution in [-0.4, -0.2) is 12.4 Å². The first-order chi connectivity index (χ1) is 1.91. The lowest BCUT2D eigenvalue weighted by molar-refractivity contribution is 1.55. The van der Waals surface area contributed by atoms with Crippen LogP contribution >= 0.6 is 0 Å². The van der Waals surface area contributed by atoms with Gasteiger partial charge in [-0.05, 0) is 0 Å². The van der Waals surface area contributed by atoms with Crippen LogP contribution in [0.4, 0.5) is 0 Å². The van der Waals surface area contributed by atoms with Gasteiger partial charge in [-0.25, -0.2) is 0 Å². The molecule has 0 fully saturated rings. The maximum Gasteiger partial charge on any atom is 0.0353 e. The zero-order valence-electron chi connectivity index (χ0n) is 2.15. The van der Waals surface area contributed by atoms with Crippen molar-refractivity contribution in [1.82, 2.24) is 0 Å². The highest BCUT2D eigenvalue weighted by molar-refractivity contribution is 6.12. The highest BCUT2D eigenvalue weighted by Crippen LogP contribution is 1.18. The van der Waals surface area contributed by atoms with Gasteiger partial charge in [0.2, 0.25) is 0 Å². The molecule has 30 valence electrons. The van der Waals surface area contributed by atoms with E-state index in [1.807, 2.05) is 0 Å². The van der Waals surface area contributed by atoms with Crippen molar-refractivity contribution in [2.75, 3.05) is 0 Å². The Hall–Kier alpha value is -0.660. The Labute approximate surface area is 31.8 Å². The van der Waals surface area contributed by atoms with Gasteiger partial charge in [0.15, 0.2) is 0 Å². The second kappa shape index (κ2) is 10.2. The Morgan fingerprint density at radius 1 is 1.00 bits per heavy atom. The van der Waals surface area contributed by atoms with Gasteiger partial charge < -0.3 is 10.8 Å². The minimum absolute atomic E-state index is 0. The maximum atomic E-state index is 6.08. The van der Waals surface area contributed by atoms with E-state index in [9.17, 15) is 0 Å². The summed E-state index contributed by atoms with van der Waals surface area (Å²) in [6.45, 7) is 0. The van der Waals surface area contributed by atoms with Crippen LogP contribution in [0.3, 0.4) is 0 Å². The van der Waals surface area contributed by atoms with Gasteiger partial charge in [0, 0.05) is 12.4 Å². The van der Waals surface area contributed by atoms with Crippen LogP contribution in [-0.2, 0) is 0 Å². The summed E-state index contributed by atoms with van der Waals surface area (Å²) in [5, 5.41) is 12.2. The molecule has 0 unspecified atom stereocenters. The maximum absolute atomic E-state index is 6.08. The molecule has 0 heterocycles. The summed E-state index contributed by atoms with van der Waals surface area (Å²) in [5.41, 5.74) is 0. The van der Waals surface area contributed by atoms with Crippen molar-refractivity contribution in [2.45, 2.75) is 7.43 Å². The molecule has 0 aromatic rings. The minimum Gasteiger partial charge on any atom is -0.307 e. The Morgan fingerprint density at radius 3 is 1.20 bits per heavy atom. The number of hydrogen-bond donors (Lipinski definition) is 2. The molecule has 0 amide bonds. The molecular formula is C3H8N2. The smallest absolute Gasteiger partial charge is 0.0353 e. The fraction of sp³-hybridized carbons (Fsp3) is 0.333. The van der Waals surface area contributed by atoms with Gasteiger partial charge in [0.25, 0.3) is 0 Å². The highest BCUT2D eigenvalue weighted by Gasteiger charge is 1.34. The van der Waals surface area contributed by atoms with E-state index in [1.165, 1.54) is 0 Å². The summed E-state index contributed by atoms with van der Waals surface area (Å²) < 4.78 is 0. The Balaban J connectivity index is 0. The molecule has 2 heteroatoms. The summed E-state index contributed by atoms with van der Waals surface area (Å²) in [6, 6.07) is 0. The molecule has 0 rings (SSSR count). The first-order valence-corrected chi connectivity index (χ1v) is 0.911. The van der Waals surface area contributed by atoms with Gasteiger partial charge in [-0.2, -0.15) is 0 Å². The van der Waals surface area contributed by atoms with Crippen molar-refractivity contribution >= 4 is 12.4 Å². The van der Waals surface area contributed by atoms with Crippen LogP contribution in [0.1, 0.15) is 7.43 Å². The third kappa shape index (κ3) is 51.9. The van der Waals surface area contributed by atoms with Gasteiger partial charge in [-0.3, -0.25) is 0 Å². The SMILES string of the molecule is C.N=CC=N. The lowest BCUT2D eigenvalue weighted by atomic mass is 10.9. The van der Waals surface area contributed by atoms with Crippen molar-refractivity contribution in [2.24, 2.45) is 0 Å². The lowest BCUT2D eigenvalue weighted by Crippen LogP contribution is -1.58. The van der Waals surface area contributed by atoms with Crippen LogP contribution in [0.15, 0.2) is 0 Å². The summed E-state index contributed by atoms with van der Waals surface area (Å²) >= 11 is 0. The predicted molar refractivity (Wildman–Crippen MR) is 24.3 cm³/mol. The molecule has 2 N–H and O–H groups in total. The quantitative estimate of drug-likeness (QED) is 0.433. The Kier molecular flexibility index (Phi) is 18.0. The first-order valence-electron chi connectivity index (χ1n) is 0.911. The molecule has 0 spiro atoms. The Morgan fingerprint density at radius 2 is 1.20 bits per heavy atom. The second-order valence-corrected chi connectivity index (χ2v) is 0.333. The van der Waals surface area contributed by atoms with Gasteiger partial charge in [0.1, 0.15) is 0 Å². The van der Waals surface area contributed by atoms with Gasteiger partial charge in [-0.1, -0.05) is 7.43 Å². The van der Waals surface area contributed by atoms with E-state index in [0.29, 0.717) is 0 Å². The predicted octanol–water partition coefficient (Wildman–Crippen LogP) is 0.922. The molecule has 5 heavy (non-hydrogen) atoms. The zero-order valence-corrected chi connectivity index (χ0v) is 2.15. The molecule has 0 aromatic heterocycles. The molecule has 0 aliphatic carbocycles. The summed E-state index contributed by atoms with van der Waals surface area (Å²) in [4.78, 5) is 0. The van der Waals surface area contributed by atoms with E-state index < -0.39 is 0 Å². The fourth-order valence-corrected chi connectivity index (χ4v) is 0. The summed E-state index contributed by atoms with van der Waals surface area (Å²) in [6.07, 6.45) is 1.83. The molecular weight excluding hydrogens is 64.0 g/mol. The second-order valence-electron chi connectivity index (χ2n) is 0.333. The average molecular weight is 72.1 g/mol. The molecule has 0 saturated heterocycles. The van der Waals surface area contributed by atoms with E-state index in [-0.39, 0.29) is 7.43 Å². The van der Waals surface area contributed by atoms with Crippen molar-refractivity contribution in [3.8, 4) is 0 Å². The topological polar surface area (TPSA) is 47.7 Å². The highest BCUT2D eigenvalue weighted by atomic mass is 14.4. The molecule has 0 aromatic carbocycles. The molecule has 2 nitrogen and oxygen atoms in total. The third-order valence-electron chi connectivity index (χ3n) is 0.0833. The average Bonchev–Trinajstić information content (AvgIpc) is 1.37. The van der Waals surface area contributed by atoms with Crippen LogP contribution in [0.2, 0.25) is 0 Å². The van der Waals surface area contributed by atoms with Crippen molar-refractivity contribution in [3.63, 3.8) is 0 Å². The van der Waals surface area contributed by atoms with Crippen LogP contribution < -0.4 is 0 Å². The van der Waals surface area contributed by atoms with E-state index in [1.54, 1.807) is 0 Å².